The van der Waals surface area contributed by atoms with Crippen LogP contribution < -0.4 is 5.56 Å². The van der Waals surface area contributed by atoms with Crippen molar-refractivity contribution in [1.29, 1.82) is 0 Å². The first-order valence-corrected chi connectivity index (χ1v) is 3.41. The summed E-state index contributed by atoms with van der Waals surface area (Å²) >= 11 is 0. The molecule has 0 amide bonds. The van der Waals surface area contributed by atoms with Crippen LogP contribution in [-0.2, 0) is 11.3 Å². The fourth-order valence-electron chi connectivity index (χ4n) is 0.814. The molecule has 3 N–H and O–H groups in total. The highest BCUT2D eigenvalue weighted by atomic mass is 19.1. The lowest BCUT2D eigenvalue weighted by Crippen LogP contribution is -2.09. The lowest BCUT2D eigenvalue weighted by atomic mass is 10.4. The summed E-state index contributed by atoms with van der Waals surface area (Å²) < 4.78 is 13.3. The normalized spacial score (nSPS) is 10.2. The van der Waals surface area contributed by atoms with E-state index < -0.39 is 23.2 Å². The Bertz CT molecular complexity index is 380. The molecule has 0 aliphatic rings. The number of aromatic amines is 1. The van der Waals surface area contributed by atoms with E-state index in [0.29, 0.717) is 0 Å². The number of nitrogens with one attached hydrogen (secondary N) is 1. The second-order valence-corrected chi connectivity index (χ2v) is 2.37. The van der Waals surface area contributed by atoms with Crippen molar-refractivity contribution in [1.82, 2.24) is 9.78 Å². The van der Waals surface area contributed by atoms with Crippen LogP contribution in [0, 0.1) is 5.82 Å². The van der Waals surface area contributed by atoms with Gasteiger partial charge in [-0.25, -0.2) is 0 Å². The average Bonchev–Trinajstić information content (AvgIpc) is 2.29. The topological polar surface area (TPSA) is 95.3 Å². The molecule has 1 aromatic heterocycles. The van der Waals surface area contributed by atoms with E-state index in [-0.39, 0.29) is 13.0 Å². The molecule has 1 rings (SSSR count). The summed E-state index contributed by atoms with van der Waals surface area (Å²) in [4.78, 5) is 20.6. The Kier molecular flexibility index (Phi) is 2.36. The number of aromatic nitrogens is 2. The predicted octanol–water partition coefficient (Wildman–Crippen LogP) is -0.504. The van der Waals surface area contributed by atoms with E-state index in [1.807, 2.05) is 5.10 Å². The van der Waals surface area contributed by atoms with Crippen molar-refractivity contribution in [3.63, 3.8) is 0 Å². The van der Waals surface area contributed by atoms with Gasteiger partial charge in [0.15, 0.2) is 0 Å². The molecule has 0 bridgehead atoms. The Morgan fingerprint density at radius 2 is 2.23 bits per heavy atom. The minimum Gasteiger partial charge on any atom is -0.491 e. The Morgan fingerprint density at radius 1 is 1.62 bits per heavy atom. The number of carbonyl (C=O) groups is 1. The summed E-state index contributed by atoms with van der Waals surface area (Å²) in [5, 5.41) is 19.1. The van der Waals surface area contributed by atoms with Gasteiger partial charge in [-0.2, -0.15) is 4.39 Å². The molecule has 0 atom stereocenters. The minimum absolute atomic E-state index is 0.180. The number of carboxylic acid groups (broad SMARTS) is 1. The molecule has 0 saturated heterocycles. The molecule has 1 heterocycles. The number of halogens is 1. The van der Waals surface area contributed by atoms with Crippen LogP contribution in [-0.4, -0.2) is 26.0 Å². The number of nitrogens with zero attached hydrogens (tertiary/aromatic N) is 1. The van der Waals surface area contributed by atoms with Crippen molar-refractivity contribution < 1.29 is 19.4 Å². The SMILES string of the molecule is O=C(O)CCn1[nH]c(=O)c(F)c1O. The molecule has 13 heavy (non-hydrogen) atoms. The monoisotopic (exact) mass is 190 g/mol. The number of aromatic hydroxyl groups is 1. The van der Waals surface area contributed by atoms with Crippen LogP contribution >= 0.6 is 0 Å². The van der Waals surface area contributed by atoms with Gasteiger partial charge in [-0.05, 0) is 0 Å². The van der Waals surface area contributed by atoms with E-state index in [4.69, 9.17) is 10.2 Å². The van der Waals surface area contributed by atoms with Gasteiger partial charge in [0.05, 0.1) is 13.0 Å². The number of carboxylic acids is 1. The molecule has 0 aliphatic heterocycles. The summed E-state index contributed by atoms with van der Waals surface area (Å²) in [5.74, 6) is -3.27. The number of aliphatic carboxylic acids is 1. The summed E-state index contributed by atoms with van der Waals surface area (Å²) in [6, 6.07) is 0. The van der Waals surface area contributed by atoms with Gasteiger partial charge in [0.2, 0.25) is 5.88 Å². The molecule has 0 spiro atoms. The molecule has 0 aromatic carbocycles. The molecule has 0 saturated carbocycles. The van der Waals surface area contributed by atoms with Crippen LogP contribution in [0.4, 0.5) is 4.39 Å². The first-order valence-electron chi connectivity index (χ1n) is 3.41. The maximum Gasteiger partial charge on any atom is 0.305 e. The molecule has 0 unspecified atom stereocenters. The first kappa shape index (κ1) is 9.30. The third-order valence-corrected chi connectivity index (χ3v) is 1.44. The Hall–Kier alpha value is -1.79. The largest absolute Gasteiger partial charge is 0.491 e. The quantitative estimate of drug-likeness (QED) is 0.598. The van der Waals surface area contributed by atoms with E-state index in [2.05, 4.69) is 0 Å². The lowest BCUT2D eigenvalue weighted by Gasteiger charge is -1.99. The van der Waals surface area contributed by atoms with E-state index >= 15 is 0 Å². The van der Waals surface area contributed by atoms with Crippen LogP contribution in [0.15, 0.2) is 4.79 Å². The summed E-state index contributed by atoms with van der Waals surface area (Å²) in [5.41, 5.74) is -1.07. The third kappa shape index (κ3) is 1.86. The van der Waals surface area contributed by atoms with Gasteiger partial charge in [-0.15, -0.1) is 0 Å². The number of H-pyrrole nitrogens is 1. The van der Waals surface area contributed by atoms with Crippen molar-refractivity contribution in [2.45, 2.75) is 13.0 Å². The smallest absolute Gasteiger partial charge is 0.305 e. The van der Waals surface area contributed by atoms with Gasteiger partial charge in [0.1, 0.15) is 0 Å². The second kappa shape index (κ2) is 3.30. The van der Waals surface area contributed by atoms with Gasteiger partial charge >= 0.3 is 11.5 Å². The van der Waals surface area contributed by atoms with Crippen LogP contribution in [0.1, 0.15) is 6.42 Å². The fourth-order valence-corrected chi connectivity index (χ4v) is 0.814. The number of hydrogen-bond donors (Lipinski definition) is 3. The molecule has 0 aliphatic carbocycles. The molecule has 1 aromatic rings. The third-order valence-electron chi connectivity index (χ3n) is 1.44. The van der Waals surface area contributed by atoms with Gasteiger partial charge in [-0.3, -0.25) is 19.4 Å². The Balaban J connectivity index is 2.84. The number of hydrogen-bond acceptors (Lipinski definition) is 3. The van der Waals surface area contributed by atoms with E-state index in [0.717, 1.165) is 4.68 Å². The van der Waals surface area contributed by atoms with Gasteiger partial charge in [-0.1, -0.05) is 0 Å². The lowest BCUT2D eigenvalue weighted by molar-refractivity contribution is -0.137. The second-order valence-electron chi connectivity index (χ2n) is 2.37. The van der Waals surface area contributed by atoms with E-state index in [9.17, 15) is 14.0 Å². The number of rotatable bonds is 3. The molecule has 6 nitrogen and oxygen atoms in total. The van der Waals surface area contributed by atoms with Crippen LogP contribution in [0.2, 0.25) is 0 Å². The van der Waals surface area contributed by atoms with Crippen molar-refractivity contribution in [2.24, 2.45) is 0 Å². The highest BCUT2D eigenvalue weighted by Gasteiger charge is 2.13. The van der Waals surface area contributed by atoms with Crippen molar-refractivity contribution in [3.05, 3.63) is 16.2 Å². The average molecular weight is 190 g/mol. The molecule has 72 valence electrons. The highest BCUT2D eigenvalue weighted by Crippen LogP contribution is 2.09. The predicted molar refractivity (Wildman–Crippen MR) is 38.9 cm³/mol. The first-order chi connectivity index (χ1) is 6.02. The zero-order valence-electron chi connectivity index (χ0n) is 6.45. The molecule has 0 radical (unpaired) electrons. The minimum atomic E-state index is -1.30. The van der Waals surface area contributed by atoms with Gasteiger partial charge < -0.3 is 10.2 Å². The Labute approximate surface area is 71.2 Å². The van der Waals surface area contributed by atoms with Crippen LogP contribution in [0.5, 0.6) is 5.88 Å². The van der Waals surface area contributed by atoms with Crippen LogP contribution in [0.25, 0.3) is 0 Å². The van der Waals surface area contributed by atoms with Crippen molar-refractivity contribution in [2.75, 3.05) is 0 Å². The summed E-state index contributed by atoms with van der Waals surface area (Å²) in [6.45, 7) is -0.180. The molecular weight excluding hydrogens is 183 g/mol. The van der Waals surface area contributed by atoms with Crippen molar-refractivity contribution in [3.8, 4) is 5.88 Å². The standard InChI is InChI=1S/C6H7FN2O4/c7-4-5(12)8-9(6(4)13)2-1-3(10)11/h13H,1-2H2,(H,8,12)(H,10,11). The molecule has 7 heteroatoms. The zero-order valence-corrected chi connectivity index (χ0v) is 6.45. The van der Waals surface area contributed by atoms with Gasteiger partial charge in [0.25, 0.3) is 5.82 Å². The van der Waals surface area contributed by atoms with E-state index in [1.54, 1.807) is 0 Å². The summed E-state index contributed by atoms with van der Waals surface area (Å²) in [6.07, 6.45) is -0.308. The Morgan fingerprint density at radius 3 is 2.62 bits per heavy atom. The van der Waals surface area contributed by atoms with E-state index in [1.165, 1.54) is 0 Å². The van der Waals surface area contributed by atoms with Gasteiger partial charge in [0, 0.05) is 0 Å². The maximum absolute atomic E-state index is 12.5. The number of aryl methyl sites for hydroxylation is 1. The molecule has 0 fully saturated rings. The van der Waals surface area contributed by atoms with Crippen LogP contribution in [0.3, 0.4) is 0 Å². The maximum atomic E-state index is 12.5. The summed E-state index contributed by atoms with van der Waals surface area (Å²) in [7, 11) is 0. The zero-order chi connectivity index (χ0) is 10.0. The molecular formula is C6H7FN2O4. The van der Waals surface area contributed by atoms with Crippen molar-refractivity contribution >= 4 is 5.97 Å². The highest BCUT2D eigenvalue weighted by molar-refractivity contribution is 5.66. The fraction of sp³-hybridized carbons (Fsp3) is 0.333.